The lowest BCUT2D eigenvalue weighted by Crippen LogP contribution is -2.54. The molecule has 1 saturated heterocycles. The highest BCUT2D eigenvalue weighted by Crippen LogP contribution is 2.16. The molecule has 0 bridgehead atoms. The Kier molecular flexibility index (Phi) is 5.64. The Morgan fingerprint density at radius 2 is 1.43 bits per heavy atom. The fourth-order valence-electron chi connectivity index (χ4n) is 2.64. The van der Waals surface area contributed by atoms with E-state index in [1.54, 1.807) is 4.90 Å². The van der Waals surface area contributed by atoms with Crippen LogP contribution in [0.2, 0.25) is 0 Å². The number of piperazine rings is 1. The van der Waals surface area contributed by atoms with Crippen molar-refractivity contribution in [3.63, 3.8) is 0 Å². The van der Waals surface area contributed by atoms with Gasteiger partial charge in [-0.05, 0) is 37.5 Å². The first-order valence-electron chi connectivity index (χ1n) is 8.33. The number of amides is 3. The number of carbonyl (C=O) groups excluding carboxylic acids is 2. The second-order valence-electron chi connectivity index (χ2n) is 6.66. The molecule has 126 valence electrons. The third-order valence-electron chi connectivity index (χ3n) is 4.09. The third kappa shape index (κ3) is 4.47. The van der Waals surface area contributed by atoms with Crippen LogP contribution in [0, 0.1) is 0 Å². The van der Waals surface area contributed by atoms with E-state index in [-0.39, 0.29) is 18.0 Å². The summed E-state index contributed by atoms with van der Waals surface area (Å²) in [6.45, 7) is 10.5. The van der Waals surface area contributed by atoms with Crippen molar-refractivity contribution < 1.29 is 9.59 Å². The molecular formula is C18H27N3O2. The minimum absolute atomic E-state index is 0.0456. The predicted octanol–water partition coefficient (Wildman–Crippen LogP) is 2.69. The van der Waals surface area contributed by atoms with Crippen molar-refractivity contribution in [1.29, 1.82) is 0 Å². The van der Waals surface area contributed by atoms with Crippen molar-refractivity contribution in [3.8, 4) is 0 Å². The lowest BCUT2D eigenvalue weighted by molar-refractivity contribution is 0.0664. The number of nitrogens with one attached hydrogen (secondary N) is 1. The molecule has 3 amide bonds. The number of rotatable bonds is 3. The molecule has 5 nitrogen and oxygen atoms in total. The first-order chi connectivity index (χ1) is 10.9. The normalized spacial score (nSPS) is 15.2. The quantitative estimate of drug-likeness (QED) is 0.932. The SMILES string of the molecule is CC(C)NC(=O)N1CCN(C(=O)c2ccc(C(C)C)cc2)CC1. The van der Waals surface area contributed by atoms with Crippen molar-refractivity contribution in [2.45, 2.75) is 39.7 Å². The van der Waals surface area contributed by atoms with Crippen molar-refractivity contribution in [2.24, 2.45) is 0 Å². The van der Waals surface area contributed by atoms with E-state index in [9.17, 15) is 9.59 Å². The Morgan fingerprint density at radius 3 is 1.91 bits per heavy atom. The zero-order valence-electron chi connectivity index (χ0n) is 14.5. The zero-order chi connectivity index (χ0) is 17.0. The summed E-state index contributed by atoms with van der Waals surface area (Å²) in [6, 6.07) is 7.91. The first-order valence-corrected chi connectivity index (χ1v) is 8.33. The Hall–Kier alpha value is -2.04. The molecule has 2 rings (SSSR count). The lowest BCUT2D eigenvalue weighted by Gasteiger charge is -2.35. The van der Waals surface area contributed by atoms with Crippen molar-refractivity contribution in [1.82, 2.24) is 15.1 Å². The van der Waals surface area contributed by atoms with Crippen molar-refractivity contribution in [2.75, 3.05) is 26.2 Å². The summed E-state index contributed by atoms with van der Waals surface area (Å²) in [6.07, 6.45) is 0. The fraction of sp³-hybridized carbons (Fsp3) is 0.556. The average molecular weight is 317 g/mol. The van der Waals surface area contributed by atoms with Crippen LogP contribution in [-0.2, 0) is 0 Å². The molecule has 0 aromatic heterocycles. The second-order valence-corrected chi connectivity index (χ2v) is 6.66. The molecule has 0 aliphatic carbocycles. The van der Waals surface area contributed by atoms with E-state index in [2.05, 4.69) is 19.2 Å². The molecule has 1 heterocycles. The highest BCUT2D eigenvalue weighted by molar-refractivity contribution is 5.94. The maximum atomic E-state index is 12.5. The first kappa shape index (κ1) is 17.3. The van der Waals surface area contributed by atoms with Crippen LogP contribution in [-0.4, -0.2) is 54.0 Å². The van der Waals surface area contributed by atoms with Crippen LogP contribution >= 0.6 is 0 Å². The molecule has 1 aromatic rings. The van der Waals surface area contributed by atoms with E-state index in [1.165, 1.54) is 5.56 Å². The number of hydrogen-bond donors (Lipinski definition) is 1. The van der Waals surface area contributed by atoms with Crippen LogP contribution in [0.3, 0.4) is 0 Å². The van der Waals surface area contributed by atoms with Crippen LogP contribution in [0.25, 0.3) is 0 Å². The molecule has 1 aliphatic heterocycles. The monoisotopic (exact) mass is 317 g/mol. The van der Waals surface area contributed by atoms with Gasteiger partial charge in [0.1, 0.15) is 0 Å². The molecule has 0 spiro atoms. The van der Waals surface area contributed by atoms with Gasteiger partial charge in [-0.25, -0.2) is 4.79 Å². The molecule has 0 radical (unpaired) electrons. The summed E-state index contributed by atoms with van der Waals surface area (Å²) < 4.78 is 0. The minimum atomic E-state index is -0.0478. The van der Waals surface area contributed by atoms with Gasteiger partial charge in [0.15, 0.2) is 0 Å². The molecule has 0 unspecified atom stereocenters. The lowest BCUT2D eigenvalue weighted by atomic mass is 10.0. The second kappa shape index (κ2) is 7.49. The average Bonchev–Trinajstić information content (AvgIpc) is 2.53. The third-order valence-corrected chi connectivity index (χ3v) is 4.09. The summed E-state index contributed by atoms with van der Waals surface area (Å²) in [5.74, 6) is 0.506. The van der Waals surface area contributed by atoms with E-state index in [0.29, 0.717) is 32.1 Å². The predicted molar refractivity (Wildman–Crippen MR) is 91.7 cm³/mol. The van der Waals surface area contributed by atoms with Gasteiger partial charge in [0, 0.05) is 37.8 Å². The molecular weight excluding hydrogens is 290 g/mol. The van der Waals surface area contributed by atoms with Gasteiger partial charge in [-0.1, -0.05) is 26.0 Å². The summed E-state index contributed by atoms with van der Waals surface area (Å²) in [4.78, 5) is 28.1. The molecule has 0 saturated carbocycles. The van der Waals surface area contributed by atoms with Crippen LogP contribution < -0.4 is 5.32 Å². The van der Waals surface area contributed by atoms with Crippen LogP contribution in [0.5, 0.6) is 0 Å². The molecule has 1 aliphatic rings. The summed E-state index contributed by atoms with van der Waals surface area (Å²) in [5.41, 5.74) is 1.95. The van der Waals surface area contributed by atoms with Gasteiger partial charge in [-0.15, -0.1) is 0 Å². The van der Waals surface area contributed by atoms with E-state index in [4.69, 9.17) is 0 Å². The van der Waals surface area contributed by atoms with E-state index < -0.39 is 0 Å². The summed E-state index contributed by atoms with van der Waals surface area (Å²) >= 11 is 0. The van der Waals surface area contributed by atoms with Crippen molar-refractivity contribution >= 4 is 11.9 Å². The van der Waals surface area contributed by atoms with Gasteiger partial charge >= 0.3 is 6.03 Å². The number of nitrogens with zero attached hydrogens (tertiary/aromatic N) is 2. The molecule has 1 N–H and O–H groups in total. The van der Waals surface area contributed by atoms with Gasteiger partial charge in [0.2, 0.25) is 0 Å². The topological polar surface area (TPSA) is 52.7 Å². The zero-order valence-corrected chi connectivity index (χ0v) is 14.5. The van der Waals surface area contributed by atoms with Crippen LogP contribution in [0.4, 0.5) is 4.79 Å². The minimum Gasteiger partial charge on any atom is -0.336 e. The Balaban J connectivity index is 1.91. The van der Waals surface area contributed by atoms with Gasteiger partial charge in [0.05, 0.1) is 0 Å². The number of hydrogen-bond acceptors (Lipinski definition) is 2. The Morgan fingerprint density at radius 1 is 0.913 bits per heavy atom. The van der Waals surface area contributed by atoms with Gasteiger partial charge in [-0.3, -0.25) is 4.79 Å². The number of carbonyl (C=O) groups is 2. The van der Waals surface area contributed by atoms with E-state index >= 15 is 0 Å². The maximum absolute atomic E-state index is 12.5. The van der Waals surface area contributed by atoms with Gasteiger partial charge in [-0.2, -0.15) is 0 Å². The Bertz CT molecular complexity index is 544. The number of urea groups is 1. The van der Waals surface area contributed by atoms with E-state index in [0.717, 1.165) is 5.56 Å². The highest BCUT2D eigenvalue weighted by Gasteiger charge is 2.25. The van der Waals surface area contributed by atoms with Crippen LogP contribution in [0.1, 0.15) is 49.5 Å². The highest BCUT2D eigenvalue weighted by atomic mass is 16.2. The fourth-order valence-corrected chi connectivity index (χ4v) is 2.64. The van der Waals surface area contributed by atoms with E-state index in [1.807, 2.05) is 43.0 Å². The largest absolute Gasteiger partial charge is 0.336 e. The number of benzene rings is 1. The summed E-state index contributed by atoms with van der Waals surface area (Å²) in [7, 11) is 0. The standard InChI is InChI=1S/C18H27N3O2/c1-13(2)15-5-7-16(8-6-15)17(22)20-9-11-21(12-10-20)18(23)19-14(3)4/h5-8,13-14H,9-12H2,1-4H3,(H,19,23). The Labute approximate surface area is 138 Å². The summed E-state index contributed by atoms with van der Waals surface area (Å²) in [5, 5.41) is 2.89. The van der Waals surface area contributed by atoms with Gasteiger partial charge < -0.3 is 15.1 Å². The molecule has 1 fully saturated rings. The molecule has 5 heteroatoms. The van der Waals surface area contributed by atoms with Crippen LogP contribution in [0.15, 0.2) is 24.3 Å². The molecule has 1 aromatic carbocycles. The van der Waals surface area contributed by atoms with Crippen molar-refractivity contribution in [3.05, 3.63) is 35.4 Å². The molecule has 0 atom stereocenters. The smallest absolute Gasteiger partial charge is 0.317 e. The maximum Gasteiger partial charge on any atom is 0.317 e. The molecule has 23 heavy (non-hydrogen) atoms. The van der Waals surface area contributed by atoms with Gasteiger partial charge in [0.25, 0.3) is 5.91 Å².